The zero-order valence-corrected chi connectivity index (χ0v) is 14.7. The second kappa shape index (κ2) is 8.27. The summed E-state index contributed by atoms with van der Waals surface area (Å²) in [5, 5.41) is 7.48. The second-order valence-corrected chi connectivity index (χ2v) is 6.48. The zero-order valence-electron chi connectivity index (χ0n) is 13.9. The van der Waals surface area contributed by atoms with Crippen LogP contribution in [0.3, 0.4) is 0 Å². The van der Waals surface area contributed by atoms with Crippen LogP contribution in [0, 0.1) is 5.92 Å². The van der Waals surface area contributed by atoms with Crippen LogP contribution in [-0.4, -0.2) is 40.6 Å². The lowest BCUT2D eigenvalue weighted by Crippen LogP contribution is -2.40. The highest BCUT2D eigenvalue weighted by Crippen LogP contribution is 2.25. The van der Waals surface area contributed by atoms with Gasteiger partial charge in [0, 0.05) is 18.0 Å². The van der Waals surface area contributed by atoms with Gasteiger partial charge in [0.25, 0.3) is 0 Å². The summed E-state index contributed by atoms with van der Waals surface area (Å²) in [7, 11) is 0. The van der Waals surface area contributed by atoms with E-state index in [-0.39, 0.29) is 11.8 Å². The normalized spacial score (nSPS) is 15.9. The molecule has 132 valence electrons. The minimum absolute atomic E-state index is 0.0672. The van der Waals surface area contributed by atoms with Crippen LogP contribution >= 0.6 is 11.6 Å². The highest BCUT2D eigenvalue weighted by molar-refractivity contribution is 6.33. The molecule has 1 saturated heterocycles. The van der Waals surface area contributed by atoms with E-state index in [9.17, 15) is 4.79 Å². The van der Waals surface area contributed by atoms with Gasteiger partial charge in [-0.05, 0) is 38.1 Å². The van der Waals surface area contributed by atoms with Crippen LogP contribution in [0.5, 0.6) is 0 Å². The summed E-state index contributed by atoms with van der Waals surface area (Å²) in [6.07, 6.45) is 3.35. The van der Waals surface area contributed by atoms with Crippen molar-refractivity contribution in [3.05, 3.63) is 47.8 Å². The Morgan fingerprint density at radius 3 is 2.88 bits per heavy atom. The zero-order chi connectivity index (χ0) is 17.6. The Morgan fingerprint density at radius 1 is 1.40 bits per heavy atom. The van der Waals surface area contributed by atoms with Crippen LogP contribution in [-0.2, 0) is 11.3 Å². The summed E-state index contributed by atoms with van der Waals surface area (Å²) in [6.45, 7) is 6.37. The number of aromatic nitrogens is 2. The molecule has 1 aliphatic heterocycles. The van der Waals surface area contributed by atoms with Crippen LogP contribution in [0.2, 0.25) is 5.02 Å². The summed E-state index contributed by atoms with van der Waals surface area (Å²) < 4.78 is 5.35. The molecule has 1 aromatic carbocycles. The molecule has 0 atom stereocenters. The van der Waals surface area contributed by atoms with Gasteiger partial charge in [-0.25, -0.2) is 0 Å². The first-order chi connectivity index (χ1) is 12.2. The van der Waals surface area contributed by atoms with Crippen LogP contribution in [0.4, 0.5) is 0 Å². The van der Waals surface area contributed by atoms with Gasteiger partial charge in [-0.3, -0.25) is 9.69 Å². The lowest BCUT2D eigenvalue weighted by molar-refractivity contribution is -0.126. The van der Waals surface area contributed by atoms with Crippen molar-refractivity contribution in [1.82, 2.24) is 20.4 Å². The van der Waals surface area contributed by atoms with E-state index in [4.69, 9.17) is 16.1 Å². The molecule has 1 aliphatic rings. The monoisotopic (exact) mass is 360 g/mol. The third-order valence-corrected chi connectivity index (χ3v) is 4.65. The molecule has 25 heavy (non-hydrogen) atoms. The van der Waals surface area contributed by atoms with Gasteiger partial charge in [-0.1, -0.05) is 35.0 Å². The molecule has 1 aromatic heterocycles. The number of rotatable bonds is 6. The van der Waals surface area contributed by atoms with Gasteiger partial charge >= 0.3 is 0 Å². The van der Waals surface area contributed by atoms with E-state index in [0.29, 0.717) is 29.8 Å². The van der Waals surface area contributed by atoms with E-state index < -0.39 is 0 Å². The number of carbonyl (C=O) groups is 1. The van der Waals surface area contributed by atoms with E-state index in [1.165, 1.54) is 0 Å². The summed E-state index contributed by atoms with van der Waals surface area (Å²) in [4.78, 5) is 18.6. The van der Waals surface area contributed by atoms with E-state index in [1.54, 1.807) is 12.1 Å². The van der Waals surface area contributed by atoms with Gasteiger partial charge in [-0.15, -0.1) is 6.58 Å². The number of likely N-dealkylation sites (tertiary alicyclic amines) is 1. The SMILES string of the molecule is C=CCNC(=O)C1CCN(Cc2nc(-c3ccccc3Cl)no2)CC1. The van der Waals surface area contributed by atoms with Gasteiger partial charge in [0.2, 0.25) is 17.6 Å². The minimum atomic E-state index is 0.0672. The number of halogens is 1. The maximum Gasteiger partial charge on any atom is 0.241 e. The van der Waals surface area contributed by atoms with E-state index in [0.717, 1.165) is 31.5 Å². The average molecular weight is 361 g/mol. The smallest absolute Gasteiger partial charge is 0.241 e. The molecule has 0 bridgehead atoms. The number of benzene rings is 1. The summed E-state index contributed by atoms with van der Waals surface area (Å²) in [5.41, 5.74) is 0.761. The summed E-state index contributed by atoms with van der Waals surface area (Å²) >= 11 is 6.17. The highest BCUT2D eigenvalue weighted by Gasteiger charge is 2.25. The van der Waals surface area contributed by atoms with Crippen molar-refractivity contribution in [1.29, 1.82) is 0 Å². The largest absolute Gasteiger partial charge is 0.352 e. The quantitative estimate of drug-likeness (QED) is 0.802. The first-order valence-corrected chi connectivity index (χ1v) is 8.73. The molecule has 0 unspecified atom stereocenters. The first-order valence-electron chi connectivity index (χ1n) is 8.36. The number of piperidine rings is 1. The summed E-state index contributed by atoms with van der Waals surface area (Å²) in [5.74, 6) is 1.24. The molecule has 2 aromatic rings. The molecular weight excluding hydrogens is 340 g/mol. The Balaban J connectivity index is 1.54. The number of hydrogen-bond donors (Lipinski definition) is 1. The number of nitrogens with zero attached hydrogens (tertiary/aromatic N) is 3. The third-order valence-electron chi connectivity index (χ3n) is 4.32. The molecule has 1 amide bonds. The molecule has 0 saturated carbocycles. The molecule has 2 heterocycles. The van der Waals surface area contributed by atoms with E-state index >= 15 is 0 Å². The fourth-order valence-corrected chi connectivity index (χ4v) is 3.15. The van der Waals surface area contributed by atoms with E-state index in [1.807, 2.05) is 18.2 Å². The van der Waals surface area contributed by atoms with Crippen LogP contribution in [0.1, 0.15) is 18.7 Å². The molecule has 6 nitrogen and oxygen atoms in total. The number of hydrogen-bond acceptors (Lipinski definition) is 5. The van der Waals surface area contributed by atoms with Gasteiger partial charge in [0.1, 0.15) is 0 Å². The Kier molecular flexibility index (Phi) is 5.83. The number of carbonyl (C=O) groups excluding carboxylic acids is 1. The number of nitrogens with one attached hydrogen (secondary N) is 1. The van der Waals surface area contributed by atoms with Crippen LogP contribution in [0.25, 0.3) is 11.4 Å². The fraction of sp³-hybridized carbons (Fsp3) is 0.389. The van der Waals surface area contributed by atoms with Crippen LogP contribution < -0.4 is 5.32 Å². The van der Waals surface area contributed by atoms with Crippen molar-refractivity contribution >= 4 is 17.5 Å². The van der Waals surface area contributed by atoms with Gasteiger partial charge in [0.05, 0.1) is 11.6 Å². The molecule has 7 heteroatoms. The molecule has 3 rings (SSSR count). The predicted molar refractivity (Wildman–Crippen MR) is 96.0 cm³/mol. The lowest BCUT2D eigenvalue weighted by atomic mass is 9.96. The maximum atomic E-state index is 12.0. The van der Waals surface area contributed by atoms with Gasteiger partial charge in [0.15, 0.2) is 0 Å². The highest BCUT2D eigenvalue weighted by atomic mass is 35.5. The molecule has 0 aliphatic carbocycles. The molecule has 1 fully saturated rings. The topological polar surface area (TPSA) is 71.3 Å². The molecular formula is C18H21ClN4O2. The van der Waals surface area contributed by atoms with Crippen molar-refractivity contribution in [2.75, 3.05) is 19.6 Å². The molecule has 0 radical (unpaired) electrons. The molecule has 0 spiro atoms. The van der Waals surface area contributed by atoms with Crippen molar-refractivity contribution < 1.29 is 9.32 Å². The van der Waals surface area contributed by atoms with Crippen molar-refractivity contribution in [3.8, 4) is 11.4 Å². The third kappa shape index (κ3) is 4.46. The van der Waals surface area contributed by atoms with Crippen molar-refractivity contribution in [2.24, 2.45) is 5.92 Å². The Hall–Kier alpha value is -2.18. The Labute approximate surface area is 151 Å². The van der Waals surface area contributed by atoms with Crippen molar-refractivity contribution in [3.63, 3.8) is 0 Å². The standard InChI is InChI=1S/C18H21ClN4O2/c1-2-9-20-18(24)13-7-10-23(11-8-13)12-16-21-17(22-25-16)14-5-3-4-6-15(14)19/h2-6,13H,1,7-12H2,(H,20,24). The second-order valence-electron chi connectivity index (χ2n) is 6.08. The lowest BCUT2D eigenvalue weighted by Gasteiger charge is -2.30. The average Bonchev–Trinajstić information content (AvgIpc) is 3.09. The summed E-state index contributed by atoms with van der Waals surface area (Å²) in [6, 6.07) is 7.42. The van der Waals surface area contributed by atoms with E-state index in [2.05, 4.69) is 26.9 Å². The van der Waals surface area contributed by atoms with Crippen LogP contribution in [0.15, 0.2) is 41.4 Å². The Morgan fingerprint density at radius 2 is 2.16 bits per heavy atom. The first kappa shape index (κ1) is 17.6. The minimum Gasteiger partial charge on any atom is -0.352 e. The predicted octanol–water partition coefficient (Wildman–Crippen LogP) is 2.90. The maximum absolute atomic E-state index is 12.0. The van der Waals surface area contributed by atoms with Crippen molar-refractivity contribution in [2.45, 2.75) is 19.4 Å². The Bertz CT molecular complexity index is 738. The number of amides is 1. The van der Waals surface area contributed by atoms with Gasteiger partial charge in [-0.2, -0.15) is 4.98 Å². The van der Waals surface area contributed by atoms with Gasteiger partial charge < -0.3 is 9.84 Å². The molecule has 1 N–H and O–H groups in total. The fourth-order valence-electron chi connectivity index (χ4n) is 2.93.